The lowest BCUT2D eigenvalue weighted by atomic mass is 9.87. The number of hydrogen-bond acceptors (Lipinski definition) is 5. The summed E-state index contributed by atoms with van der Waals surface area (Å²) in [4.78, 5) is 12.7. The van der Waals surface area contributed by atoms with E-state index in [1.54, 1.807) is 6.07 Å². The van der Waals surface area contributed by atoms with Crippen molar-refractivity contribution in [1.82, 2.24) is 20.3 Å². The van der Waals surface area contributed by atoms with Crippen LogP contribution in [0.3, 0.4) is 0 Å². The number of hydrogen-bond donors (Lipinski definition) is 2. The Labute approximate surface area is 158 Å². The van der Waals surface area contributed by atoms with Gasteiger partial charge in [-0.25, -0.2) is 19.3 Å². The zero-order chi connectivity index (χ0) is 18.8. The molecule has 1 fully saturated rings. The number of fused-ring (bicyclic) bond motifs is 1. The number of aromatic nitrogens is 3. The smallest absolute Gasteiger partial charge is 0.153 e. The van der Waals surface area contributed by atoms with Crippen LogP contribution in [0.1, 0.15) is 38.2 Å². The lowest BCUT2D eigenvalue weighted by Crippen LogP contribution is -2.32. The SMILES string of the molecule is CC1CCC(NCc2cc(F)cc(-c3ccc4ncnc(N)c4n3)c2)CC1. The zero-order valence-electron chi connectivity index (χ0n) is 15.5. The average Bonchev–Trinajstić information content (AvgIpc) is 2.67. The van der Waals surface area contributed by atoms with Crippen LogP contribution in [0.2, 0.25) is 0 Å². The van der Waals surface area contributed by atoms with Crippen LogP contribution >= 0.6 is 0 Å². The van der Waals surface area contributed by atoms with Crippen molar-refractivity contribution in [3.05, 3.63) is 48.0 Å². The van der Waals surface area contributed by atoms with Crippen molar-refractivity contribution in [3.63, 3.8) is 0 Å². The molecule has 1 saturated carbocycles. The van der Waals surface area contributed by atoms with Gasteiger partial charge in [0.05, 0.1) is 11.2 Å². The fraction of sp³-hybridized carbons (Fsp3) is 0.381. The first-order chi connectivity index (χ1) is 13.1. The van der Waals surface area contributed by atoms with E-state index < -0.39 is 0 Å². The van der Waals surface area contributed by atoms with Crippen molar-refractivity contribution in [3.8, 4) is 11.3 Å². The van der Waals surface area contributed by atoms with Gasteiger partial charge in [-0.15, -0.1) is 0 Å². The molecule has 1 aromatic carbocycles. The van der Waals surface area contributed by atoms with E-state index >= 15 is 0 Å². The van der Waals surface area contributed by atoms with E-state index in [0.29, 0.717) is 35.1 Å². The molecule has 0 amide bonds. The number of rotatable bonds is 4. The average molecular weight is 365 g/mol. The maximum absolute atomic E-state index is 14.2. The summed E-state index contributed by atoms with van der Waals surface area (Å²) in [6, 6.07) is 9.25. The summed E-state index contributed by atoms with van der Waals surface area (Å²) in [5.41, 5.74) is 9.43. The molecule has 1 aliphatic rings. The number of nitrogens with one attached hydrogen (secondary N) is 1. The summed E-state index contributed by atoms with van der Waals surface area (Å²) in [6.45, 7) is 2.96. The lowest BCUT2D eigenvalue weighted by Gasteiger charge is -2.27. The van der Waals surface area contributed by atoms with E-state index in [0.717, 1.165) is 17.0 Å². The van der Waals surface area contributed by atoms with Crippen LogP contribution in [0, 0.1) is 11.7 Å². The first-order valence-electron chi connectivity index (χ1n) is 9.49. The second-order valence-electron chi connectivity index (χ2n) is 7.51. The minimum Gasteiger partial charge on any atom is -0.382 e. The summed E-state index contributed by atoms with van der Waals surface area (Å²) < 4.78 is 14.2. The predicted octanol–water partition coefficient (Wildman–Crippen LogP) is 4.08. The molecule has 0 spiro atoms. The van der Waals surface area contributed by atoms with Crippen molar-refractivity contribution in [2.75, 3.05) is 5.73 Å². The first-order valence-corrected chi connectivity index (χ1v) is 9.49. The van der Waals surface area contributed by atoms with Crippen LogP contribution in [-0.2, 0) is 6.54 Å². The Balaban J connectivity index is 1.56. The Morgan fingerprint density at radius 1 is 1.11 bits per heavy atom. The lowest BCUT2D eigenvalue weighted by molar-refractivity contribution is 0.306. The van der Waals surface area contributed by atoms with E-state index in [2.05, 4.69) is 27.2 Å². The molecule has 1 aliphatic carbocycles. The number of anilines is 1. The fourth-order valence-electron chi connectivity index (χ4n) is 3.75. The summed E-state index contributed by atoms with van der Waals surface area (Å²) in [5.74, 6) is 0.881. The highest BCUT2D eigenvalue weighted by atomic mass is 19.1. The summed E-state index contributed by atoms with van der Waals surface area (Å²) >= 11 is 0. The quantitative estimate of drug-likeness (QED) is 0.728. The number of nitrogens with zero attached hydrogens (tertiary/aromatic N) is 3. The highest BCUT2D eigenvalue weighted by Crippen LogP contribution is 2.26. The molecule has 3 N–H and O–H groups in total. The van der Waals surface area contributed by atoms with Gasteiger partial charge in [-0.05, 0) is 67.5 Å². The number of benzene rings is 1. The topological polar surface area (TPSA) is 76.7 Å². The van der Waals surface area contributed by atoms with Gasteiger partial charge in [-0.2, -0.15) is 0 Å². The maximum atomic E-state index is 14.2. The van der Waals surface area contributed by atoms with E-state index in [1.807, 2.05) is 18.2 Å². The molecule has 4 rings (SSSR count). The number of pyridine rings is 1. The summed E-state index contributed by atoms with van der Waals surface area (Å²) in [5, 5.41) is 3.58. The number of nitrogen functional groups attached to an aromatic ring is 1. The Morgan fingerprint density at radius 3 is 2.74 bits per heavy atom. The minimum atomic E-state index is -0.263. The molecule has 0 unspecified atom stereocenters. The molecule has 6 heteroatoms. The predicted molar refractivity (Wildman–Crippen MR) is 105 cm³/mol. The molecule has 0 radical (unpaired) electrons. The van der Waals surface area contributed by atoms with Crippen molar-refractivity contribution in [2.24, 2.45) is 5.92 Å². The highest BCUT2D eigenvalue weighted by molar-refractivity contribution is 5.85. The number of nitrogens with two attached hydrogens (primary N) is 1. The van der Waals surface area contributed by atoms with Gasteiger partial charge in [-0.3, -0.25) is 0 Å². The molecular formula is C21H24FN5. The van der Waals surface area contributed by atoms with Gasteiger partial charge in [0.2, 0.25) is 0 Å². The van der Waals surface area contributed by atoms with Crippen molar-refractivity contribution in [2.45, 2.75) is 45.2 Å². The van der Waals surface area contributed by atoms with Gasteiger partial charge in [-0.1, -0.05) is 6.92 Å². The molecule has 140 valence electrons. The third-order valence-corrected chi connectivity index (χ3v) is 5.37. The molecule has 27 heavy (non-hydrogen) atoms. The molecule has 0 saturated heterocycles. The molecule has 0 bridgehead atoms. The van der Waals surface area contributed by atoms with E-state index in [-0.39, 0.29) is 5.82 Å². The normalized spacial score (nSPS) is 20.1. The molecule has 0 aliphatic heterocycles. The Morgan fingerprint density at radius 2 is 1.93 bits per heavy atom. The Kier molecular flexibility index (Phi) is 4.99. The second kappa shape index (κ2) is 7.56. The Bertz CT molecular complexity index is 950. The van der Waals surface area contributed by atoms with Crippen molar-refractivity contribution < 1.29 is 4.39 Å². The van der Waals surface area contributed by atoms with Gasteiger partial charge in [0.1, 0.15) is 17.7 Å². The van der Waals surface area contributed by atoms with Gasteiger partial charge >= 0.3 is 0 Å². The van der Waals surface area contributed by atoms with Gasteiger partial charge in [0.25, 0.3) is 0 Å². The summed E-state index contributed by atoms with van der Waals surface area (Å²) in [6.07, 6.45) is 6.31. The van der Waals surface area contributed by atoms with Crippen LogP contribution in [0.4, 0.5) is 10.2 Å². The Hall–Kier alpha value is -2.60. The largest absolute Gasteiger partial charge is 0.382 e. The number of halogens is 1. The first kappa shape index (κ1) is 17.8. The van der Waals surface area contributed by atoms with E-state index in [1.165, 1.54) is 38.1 Å². The molecule has 5 nitrogen and oxygen atoms in total. The van der Waals surface area contributed by atoms with Crippen molar-refractivity contribution in [1.29, 1.82) is 0 Å². The van der Waals surface area contributed by atoms with Crippen LogP contribution in [-0.4, -0.2) is 21.0 Å². The third-order valence-electron chi connectivity index (χ3n) is 5.37. The van der Waals surface area contributed by atoms with E-state index in [4.69, 9.17) is 5.73 Å². The minimum absolute atomic E-state index is 0.263. The molecule has 2 heterocycles. The molecule has 0 atom stereocenters. The van der Waals surface area contributed by atoms with Crippen LogP contribution in [0.5, 0.6) is 0 Å². The van der Waals surface area contributed by atoms with Gasteiger partial charge in [0, 0.05) is 18.2 Å². The van der Waals surface area contributed by atoms with Gasteiger partial charge < -0.3 is 11.1 Å². The fourth-order valence-corrected chi connectivity index (χ4v) is 3.75. The van der Waals surface area contributed by atoms with Crippen LogP contribution < -0.4 is 11.1 Å². The molecule has 3 aromatic rings. The highest BCUT2D eigenvalue weighted by Gasteiger charge is 2.17. The maximum Gasteiger partial charge on any atom is 0.153 e. The third kappa shape index (κ3) is 4.06. The standard InChI is InChI=1S/C21H24FN5/c1-13-2-4-17(5-3-13)24-11-14-8-15(10-16(22)9-14)18-6-7-19-20(27-18)21(23)26-12-25-19/h6-10,12-13,17,24H,2-5,11H2,1H3,(H2,23,25,26). The molecule has 2 aromatic heterocycles. The molecular weight excluding hydrogens is 341 g/mol. The second-order valence-corrected chi connectivity index (χ2v) is 7.51. The van der Waals surface area contributed by atoms with E-state index in [9.17, 15) is 4.39 Å². The van der Waals surface area contributed by atoms with Crippen LogP contribution in [0.15, 0.2) is 36.7 Å². The van der Waals surface area contributed by atoms with Crippen molar-refractivity contribution >= 4 is 16.9 Å². The van der Waals surface area contributed by atoms with Gasteiger partial charge in [0.15, 0.2) is 5.82 Å². The van der Waals surface area contributed by atoms with Crippen LogP contribution in [0.25, 0.3) is 22.3 Å². The zero-order valence-corrected chi connectivity index (χ0v) is 15.5. The monoisotopic (exact) mass is 365 g/mol. The summed E-state index contributed by atoms with van der Waals surface area (Å²) in [7, 11) is 0.